The van der Waals surface area contributed by atoms with Crippen molar-refractivity contribution in [1.29, 1.82) is 0 Å². The first-order valence-electron chi connectivity index (χ1n) is 6.36. The Morgan fingerprint density at radius 3 is 2.76 bits per heavy atom. The summed E-state index contributed by atoms with van der Waals surface area (Å²) in [6.45, 7) is 4.44. The molecule has 4 heteroatoms. The summed E-state index contributed by atoms with van der Waals surface area (Å²) < 4.78 is 0. The first-order valence-corrected chi connectivity index (χ1v) is 6.36. The molecule has 0 radical (unpaired) electrons. The Morgan fingerprint density at radius 1 is 1.35 bits per heavy atom. The molecule has 92 valence electrons. The molecular formula is C13H20BNO2. The number of benzene rings is 1. The molecule has 2 N–H and O–H groups in total. The molecule has 0 amide bonds. The Hall–Kier alpha value is -0.835. The van der Waals surface area contributed by atoms with E-state index < -0.39 is 7.12 Å². The zero-order chi connectivity index (χ0) is 12.3. The van der Waals surface area contributed by atoms with Crippen LogP contribution in [0, 0.1) is 0 Å². The Morgan fingerprint density at radius 2 is 2.12 bits per heavy atom. The van der Waals surface area contributed by atoms with Crippen LogP contribution in [0.15, 0.2) is 24.3 Å². The van der Waals surface area contributed by atoms with E-state index in [1.807, 2.05) is 18.2 Å². The van der Waals surface area contributed by atoms with Gasteiger partial charge in [0.15, 0.2) is 0 Å². The first-order chi connectivity index (χ1) is 8.18. The minimum absolute atomic E-state index is 0.638. The molecule has 0 aliphatic carbocycles. The number of rotatable bonds is 4. The van der Waals surface area contributed by atoms with Gasteiger partial charge in [-0.2, -0.15) is 0 Å². The molecule has 1 aromatic carbocycles. The molecule has 0 spiro atoms. The average Bonchev–Trinajstić information content (AvgIpc) is 2.72. The van der Waals surface area contributed by atoms with Gasteiger partial charge in [-0.15, -0.1) is 0 Å². The summed E-state index contributed by atoms with van der Waals surface area (Å²) >= 11 is 0. The molecule has 1 aliphatic rings. The van der Waals surface area contributed by atoms with Gasteiger partial charge in [-0.25, -0.2) is 0 Å². The van der Waals surface area contributed by atoms with E-state index in [-0.39, 0.29) is 0 Å². The second-order valence-corrected chi connectivity index (χ2v) is 4.85. The lowest BCUT2D eigenvalue weighted by Crippen LogP contribution is -2.35. The monoisotopic (exact) mass is 233 g/mol. The fourth-order valence-corrected chi connectivity index (χ4v) is 2.60. The van der Waals surface area contributed by atoms with Crippen LogP contribution in [0.4, 0.5) is 0 Å². The zero-order valence-electron chi connectivity index (χ0n) is 10.3. The second-order valence-electron chi connectivity index (χ2n) is 4.85. The summed E-state index contributed by atoms with van der Waals surface area (Å²) in [6.07, 6.45) is 3.45. The fourth-order valence-electron chi connectivity index (χ4n) is 2.60. The summed E-state index contributed by atoms with van der Waals surface area (Å²) in [5.41, 5.74) is 1.68. The highest BCUT2D eigenvalue weighted by molar-refractivity contribution is 6.59. The van der Waals surface area contributed by atoms with Gasteiger partial charge in [0.2, 0.25) is 0 Å². The number of likely N-dealkylation sites (tertiary alicyclic amines) is 1. The Labute approximate surface area is 103 Å². The van der Waals surface area contributed by atoms with E-state index in [1.54, 1.807) is 6.07 Å². The highest BCUT2D eigenvalue weighted by Gasteiger charge is 2.21. The lowest BCUT2D eigenvalue weighted by atomic mass is 9.76. The molecule has 0 saturated carbocycles. The van der Waals surface area contributed by atoms with Crippen molar-refractivity contribution in [2.24, 2.45) is 0 Å². The van der Waals surface area contributed by atoms with Crippen molar-refractivity contribution in [3.63, 3.8) is 0 Å². The maximum absolute atomic E-state index is 9.29. The van der Waals surface area contributed by atoms with Gasteiger partial charge < -0.3 is 14.9 Å². The van der Waals surface area contributed by atoms with E-state index in [2.05, 4.69) is 11.8 Å². The van der Waals surface area contributed by atoms with Crippen molar-refractivity contribution in [2.75, 3.05) is 13.1 Å². The van der Waals surface area contributed by atoms with Crippen LogP contribution in [-0.2, 0) is 6.42 Å². The maximum atomic E-state index is 9.29. The number of hydrogen-bond acceptors (Lipinski definition) is 3. The third-order valence-corrected chi connectivity index (χ3v) is 3.69. The quantitative estimate of drug-likeness (QED) is 0.739. The van der Waals surface area contributed by atoms with Crippen LogP contribution in [0.5, 0.6) is 0 Å². The highest BCUT2D eigenvalue weighted by Crippen LogP contribution is 2.16. The topological polar surface area (TPSA) is 43.7 Å². The highest BCUT2D eigenvalue weighted by atomic mass is 16.4. The van der Waals surface area contributed by atoms with Crippen LogP contribution >= 0.6 is 0 Å². The van der Waals surface area contributed by atoms with Crippen LogP contribution in [0.3, 0.4) is 0 Å². The van der Waals surface area contributed by atoms with E-state index in [9.17, 15) is 10.0 Å². The third-order valence-electron chi connectivity index (χ3n) is 3.69. The predicted octanol–water partition coefficient (Wildman–Crippen LogP) is 0.393. The van der Waals surface area contributed by atoms with Gasteiger partial charge in [-0.05, 0) is 43.8 Å². The summed E-state index contributed by atoms with van der Waals surface area (Å²) in [5, 5.41) is 18.6. The van der Waals surface area contributed by atoms with Crippen molar-refractivity contribution in [1.82, 2.24) is 4.90 Å². The molecule has 0 aromatic heterocycles. The normalized spacial score (nSPS) is 20.8. The van der Waals surface area contributed by atoms with Crippen molar-refractivity contribution < 1.29 is 10.0 Å². The standard InChI is InChI=1S/C13H20BNO2/c1-11-5-4-9-15(11)10-8-12-6-2-3-7-13(12)14(16)17/h2-3,6-7,11,16-17H,4-5,8-10H2,1H3/t11-/m1/s1. The van der Waals surface area contributed by atoms with Crippen LogP contribution in [-0.4, -0.2) is 41.2 Å². The van der Waals surface area contributed by atoms with Gasteiger partial charge in [0.05, 0.1) is 0 Å². The molecule has 1 atom stereocenters. The van der Waals surface area contributed by atoms with E-state index in [0.717, 1.165) is 18.5 Å². The van der Waals surface area contributed by atoms with Crippen molar-refractivity contribution >= 4 is 12.6 Å². The van der Waals surface area contributed by atoms with Gasteiger partial charge in [-0.1, -0.05) is 24.3 Å². The Bertz CT molecular complexity index is 370. The second kappa shape index (κ2) is 5.67. The maximum Gasteiger partial charge on any atom is 0.488 e. The van der Waals surface area contributed by atoms with E-state index >= 15 is 0 Å². The molecule has 3 nitrogen and oxygen atoms in total. The first kappa shape index (κ1) is 12.6. The summed E-state index contributed by atoms with van der Waals surface area (Å²) in [4.78, 5) is 2.47. The van der Waals surface area contributed by atoms with Gasteiger partial charge in [-0.3, -0.25) is 0 Å². The van der Waals surface area contributed by atoms with E-state index in [4.69, 9.17) is 0 Å². The predicted molar refractivity (Wildman–Crippen MR) is 70.2 cm³/mol. The molecule has 17 heavy (non-hydrogen) atoms. The van der Waals surface area contributed by atoms with Crippen molar-refractivity contribution in [3.05, 3.63) is 29.8 Å². The zero-order valence-corrected chi connectivity index (χ0v) is 10.3. The third kappa shape index (κ3) is 3.09. The van der Waals surface area contributed by atoms with E-state index in [0.29, 0.717) is 11.5 Å². The fraction of sp³-hybridized carbons (Fsp3) is 0.538. The summed E-state index contributed by atoms with van der Waals surface area (Å²) in [7, 11) is -1.36. The Balaban J connectivity index is 1.98. The molecule has 1 aliphatic heterocycles. The van der Waals surface area contributed by atoms with Gasteiger partial charge in [0, 0.05) is 12.6 Å². The molecule has 0 bridgehead atoms. The molecule has 1 saturated heterocycles. The van der Waals surface area contributed by atoms with Gasteiger partial charge >= 0.3 is 7.12 Å². The van der Waals surface area contributed by atoms with Crippen LogP contribution < -0.4 is 5.46 Å². The Kier molecular flexibility index (Phi) is 4.21. The van der Waals surface area contributed by atoms with Gasteiger partial charge in [0.25, 0.3) is 0 Å². The molecule has 0 unspecified atom stereocenters. The van der Waals surface area contributed by atoms with Crippen LogP contribution in [0.1, 0.15) is 25.3 Å². The lowest BCUT2D eigenvalue weighted by Gasteiger charge is -2.21. The summed E-state index contributed by atoms with van der Waals surface area (Å²) in [6, 6.07) is 8.23. The smallest absolute Gasteiger partial charge is 0.423 e. The molecule has 1 fully saturated rings. The number of hydrogen-bond donors (Lipinski definition) is 2. The average molecular weight is 233 g/mol. The van der Waals surface area contributed by atoms with E-state index in [1.165, 1.54) is 19.4 Å². The molecular weight excluding hydrogens is 213 g/mol. The van der Waals surface area contributed by atoms with Crippen LogP contribution in [0.2, 0.25) is 0 Å². The molecule has 1 aromatic rings. The molecule has 2 rings (SSSR count). The van der Waals surface area contributed by atoms with Crippen molar-refractivity contribution in [2.45, 2.75) is 32.2 Å². The van der Waals surface area contributed by atoms with Crippen molar-refractivity contribution in [3.8, 4) is 0 Å². The largest absolute Gasteiger partial charge is 0.488 e. The van der Waals surface area contributed by atoms with Crippen LogP contribution in [0.25, 0.3) is 0 Å². The minimum atomic E-state index is -1.36. The minimum Gasteiger partial charge on any atom is -0.423 e. The lowest BCUT2D eigenvalue weighted by molar-refractivity contribution is 0.272. The van der Waals surface area contributed by atoms with Gasteiger partial charge in [0.1, 0.15) is 0 Å². The summed E-state index contributed by atoms with van der Waals surface area (Å²) in [5.74, 6) is 0. The number of nitrogens with zero attached hydrogens (tertiary/aromatic N) is 1. The SMILES string of the molecule is C[C@@H]1CCCN1CCc1ccccc1B(O)O. The molecule has 1 heterocycles.